The molecule has 0 saturated carbocycles. The minimum absolute atomic E-state index is 0.0855. The molecule has 3 aromatic heterocycles. The number of carbonyl (C=O) groups excluding carboxylic acids is 3. The molecular formula is C38H43ClN10O3S. The van der Waals surface area contributed by atoms with Crippen LogP contribution in [0.25, 0.3) is 22.0 Å². The number of H-pyrrole nitrogens is 1. The summed E-state index contributed by atoms with van der Waals surface area (Å²) in [6, 6.07) is 16.1. The molecular weight excluding hydrogens is 712 g/mol. The van der Waals surface area contributed by atoms with Crippen LogP contribution in [0.15, 0.2) is 89.2 Å². The van der Waals surface area contributed by atoms with E-state index in [1.807, 2.05) is 60.8 Å². The van der Waals surface area contributed by atoms with Crippen LogP contribution < -0.4 is 33.2 Å². The van der Waals surface area contributed by atoms with E-state index in [0.29, 0.717) is 46.7 Å². The van der Waals surface area contributed by atoms with Crippen molar-refractivity contribution >= 4 is 57.8 Å². The Morgan fingerprint density at radius 3 is 2.55 bits per heavy atom. The quantitative estimate of drug-likeness (QED) is 0.129. The van der Waals surface area contributed by atoms with Gasteiger partial charge in [0.25, 0.3) is 0 Å². The van der Waals surface area contributed by atoms with E-state index >= 15 is 0 Å². The summed E-state index contributed by atoms with van der Waals surface area (Å²) in [6.07, 6.45) is 6.40. The maximum absolute atomic E-state index is 14.4. The molecule has 53 heavy (non-hydrogen) atoms. The van der Waals surface area contributed by atoms with E-state index < -0.39 is 35.8 Å². The summed E-state index contributed by atoms with van der Waals surface area (Å²) in [4.78, 5) is 56.5. The number of hydrogen-bond acceptors (Lipinski definition) is 10. The van der Waals surface area contributed by atoms with E-state index in [4.69, 9.17) is 28.8 Å². The lowest BCUT2D eigenvalue weighted by molar-refractivity contribution is -0.141. The lowest BCUT2D eigenvalue weighted by Crippen LogP contribution is -2.59. The predicted octanol–water partition coefficient (Wildman–Crippen LogP) is 3.35. The van der Waals surface area contributed by atoms with Gasteiger partial charge < -0.3 is 43.0 Å². The smallest absolute Gasteiger partial charge is 0.246 e. The maximum Gasteiger partial charge on any atom is 0.246 e. The Morgan fingerprint density at radius 1 is 0.943 bits per heavy atom. The molecule has 0 aliphatic carbocycles. The molecule has 276 valence electrons. The lowest BCUT2D eigenvalue weighted by Gasteiger charge is -2.31. The Bertz CT molecular complexity index is 2090. The van der Waals surface area contributed by atoms with Gasteiger partial charge in [0, 0.05) is 73.1 Å². The van der Waals surface area contributed by atoms with Gasteiger partial charge in [-0.05, 0) is 78.0 Å². The number of benzene rings is 2. The van der Waals surface area contributed by atoms with E-state index in [0.717, 1.165) is 38.7 Å². The number of likely N-dealkylation sites (N-methyl/N-ethyl adjacent to an activating group) is 1. The highest BCUT2D eigenvalue weighted by molar-refractivity contribution is 7.99. The molecule has 0 unspecified atom stereocenters. The molecule has 0 spiro atoms. The molecule has 10 N–H and O–H groups in total. The molecule has 2 aromatic carbocycles. The number of amides is 3. The number of aromatic amines is 1. The third-order valence-corrected chi connectivity index (χ3v) is 11.0. The fraction of sp³-hybridized carbons (Fsp3) is 0.289. The molecule has 6 rings (SSSR count). The largest absolute Gasteiger partial charge is 0.384 e. The summed E-state index contributed by atoms with van der Waals surface area (Å²) in [6.45, 7) is 0.599. The molecule has 4 heterocycles. The lowest BCUT2D eigenvalue weighted by atomic mass is 10.0. The average Bonchev–Trinajstić information content (AvgIpc) is 3.58. The van der Waals surface area contributed by atoms with Crippen molar-refractivity contribution in [1.29, 1.82) is 0 Å². The van der Waals surface area contributed by atoms with Gasteiger partial charge in [-0.15, -0.1) is 0 Å². The second-order valence-corrected chi connectivity index (χ2v) is 14.3. The molecule has 0 radical (unpaired) electrons. The number of halogens is 1. The normalized spacial score (nSPS) is 18.9. The zero-order chi connectivity index (χ0) is 37.5. The Morgan fingerprint density at radius 2 is 1.77 bits per heavy atom. The number of carbonyl (C=O) groups is 3. The molecule has 3 amide bonds. The summed E-state index contributed by atoms with van der Waals surface area (Å²) in [7, 11) is 1.56. The van der Waals surface area contributed by atoms with Gasteiger partial charge in [0.15, 0.2) is 0 Å². The number of nitrogens with two attached hydrogens (primary N) is 3. The maximum atomic E-state index is 14.4. The molecule has 0 bridgehead atoms. The van der Waals surface area contributed by atoms with Crippen molar-refractivity contribution in [3.05, 3.63) is 101 Å². The average molecular weight is 755 g/mol. The third kappa shape index (κ3) is 8.80. The van der Waals surface area contributed by atoms with Crippen molar-refractivity contribution in [2.24, 2.45) is 11.5 Å². The summed E-state index contributed by atoms with van der Waals surface area (Å²) in [5, 5.41) is 11.3. The monoisotopic (exact) mass is 754 g/mol. The highest BCUT2D eigenvalue weighted by Crippen LogP contribution is 2.39. The van der Waals surface area contributed by atoms with Gasteiger partial charge in [-0.3, -0.25) is 14.4 Å². The number of para-hydroxylation sites is 1. The Kier molecular flexibility index (Phi) is 12.3. The van der Waals surface area contributed by atoms with Gasteiger partial charge in [-0.2, -0.15) is 0 Å². The Hall–Kier alpha value is -4.99. The van der Waals surface area contributed by atoms with Crippen LogP contribution in [0.1, 0.15) is 29.5 Å². The summed E-state index contributed by atoms with van der Waals surface area (Å²) in [5.74, 6) is -0.896. The molecule has 5 aromatic rings. The van der Waals surface area contributed by atoms with Crippen molar-refractivity contribution in [2.75, 3.05) is 25.9 Å². The Labute approximate surface area is 316 Å². The molecule has 3 atom stereocenters. The Balaban J connectivity index is 1.44. The number of hydrogen-bond donors (Lipinski definition) is 7. The van der Waals surface area contributed by atoms with Gasteiger partial charge in [0.05, 0.1) is 11.1 Å². The first-order valence-corrected chi connectivity index (χ1v) is 18.6. The van der Waals surface area contributed by atoms with Crippen molar-refractivity contribution < 1.29 is 14.4 Å². The topological polar surface area (TPSA) is 210 Å². The fourth-order valence-corrected chi connectivity index (χ4v) is 7.73. The second-order valence-electron chi connectivity index (χ2n) is 12.9. The number of nitrogens with zero attached hydrogens (tertiary/aromatic N) is 3. The van der Waals surface area contributed by atoms with E-state index in [1.165, 1.54) is 16.7 Å². The van der Waals surface area contributed by atoms with E-state index in [9.17, 15) is 14.4 Å². The number of pyridine rings is 2. The van der Waals surface area contributed by atoms with Crippen LogP contribution in [0.2, 0.25) is 5.02 Å². The zero-order valence-electron chi connectivity index (χ0n) is 29.3. The number of fused-ring (bicyclic) bond motifs is 3. The first-order valence-electron chi connectivity index (χ1n) is 17.4. The number of nitrogens with one attached hydrogen (secondary N) is 4. The van der Waals surface area contributed by atoms with Crippen LogP contribution in [0.5, 0.6) is 0 Å². The van der Waals surface area contributed by atoms with E-state index in [-0.39, 0.29) is 19.5 Å². The van der Waals surface area contributed by atoms with Gasteiger partial charge >= 0.3 is 0 Å². The van der Waals surface area contributed by atoms with Crippen LogP contribution in [-0.2, 0) is 33.9 Å². The fourth-order valence-electron chi connectivity index (χ4n) is 6.37. The minimum Gasteiger partial charge on any atom is -0.384 e. The first-order chi connectivity index (χ1) is 25.7. The highest BCUT2D eigenvalue weighted by atomic mass is 35.5. The number of anilines is 1. The number of aromatic nitrogens is 3. The van der Waals surface area contributed by atoms with E-state index in [2.05, 4.69) is 30.9 Å². The van der Waals surface area contributed by atoms with Crippen molar-refractivity contribution in [1.82, 2.24) is 35.8 Å². The summed E-state index contributed by atoms with van der Waals surface area (Å²) >= 11 is 8.42. The highest BCUT2D eigenvalue weighted by Gasteiger charge is 2.34. The standard InChI is InChI=1S/C38H43ClN10O3S/c1-49-32(16-25-20-44-29-8-3-2-7-27(25)29)36(51)47-21-26-14-24(22-10-11-33(42)46-18-22)15-28(39)34(26)53-37-23(6-5-13-43-37)19-45-30(9-4-12-40)35(50)48-31(17-41)38(49)52/h2-3,5-8,10-11,13-15,18,20,30-32,44-45H,4,9,12,16-17,19,21,40-41H2,1H3,(H2,42,46)(H,47,51)(H,48,50)/t30-,31-,32-/m0/s1. The van der Waals surface area contributed by atoms with Crippen LogP contribution in [-0.4, -0.2) is 75.8 Å². The van der Waals surface area contributed by atoms with Crippen LogP contribution in [0, 0.1) is 0 Å². The van der Waals surface area contributed by atoms with Crippen LogP contribution >= 0.6 is 23.4 Å². The van der Waals surface area contributed by atoms with Crippen LogP contribution in [0.4, 0.5) is 5.82 Å². The van der Waals surface area contributed by atoms with Crippen LogP contribution in [0.3, 0.4) is 0 Å². The zero-order valence-corrected chi connectivity index (χ0v) is 30.8. The van der Waals surface area contributed by atoms with E-state index in [1.54, 1.807) is 25.5 Å². The first kappa shape index (κ1) is 37.8. The molecule has 13 nitrogen and oxygen atoms in total. The van der Waals surface area contributed by atoms with Gasteiger partial charge in [0.2, 0.25) is 17.7 Å². The molecule has 1 aliphatic heterocycles. The van der Waals surface area contributed by atoms with Crippen molar-refractivity contribution in [2.45, 2.75) is 60.4 Å². The number of rotatable bonds is 7. The molecule has 15 heteroatoms. The van der Waals surface area contributed by atoms with Crippen molar-refractivity contribution in [3.8, 4) is 11.1 Å². The van der Waals surface area contributed by atoms with Gasteiger partial charge in [-0.25, -0.2) is 9.97 Å². The molecule has 0 fully saturated rings. The third-order valence-electron chi connectivity index (χ3n) is 9.35. The van der Waals surface area contributed by atoms with Crippen molar-refractivity contribution in [3.63, 3.8) is 0 Å². The number of nitrogen functional groups attached to an aromatic ring is 1. The minimum atomic E-state index is -1.08. The molecule has 1 aliphatic rings. The predicted molar refractivity (Wildman–Crippen MR) is 208 cm³/mol. The van der Waals surface area contributed by atoms with Gasteiger partial charge in [-0.1, -0.05) is 47.6 Å². The van der Waals surface area contributed by atoms with Gasteiger partial charge in [0.1, 0.15) is 22.9 Å². The summed E-state index contributed by atoms with van der Waals surface area (Å²) < 4.78 is 0. The molecule has 0 saturated heterocycles. The summed E-state index contributed by atoms with van der Waals surface area (Å²) in [5.41, 5.74) is 22.7. The second kappa shape index (κ2) is 17.2. The SMILES string of the molecule is CN1C(=O)[C@H](CN)NC(=O)[C@H](CCCN)NCc2cccnc2Sc2c(Cl)cc(-c3ccc(N)nc3)cc2CNC(=O)[C@@H]1Cc1c[nH]c2ccccc12.